The maximum atomic E-state index is 13.4. The van der Waals surface area contributed by atoms with E-state index in [0.717, 1.165) is 4.90 Å². The number of alkyl halides is 3. The molecule has 1 aromatic heterocycles. The van der Waals surface area contributed by atoms with Gasteiger partial charge in [-0.3, -0.25) is 9.58 Å². The minimum Gasteiger partial charge on any atom is -0.444 e. The van der Waals surface area contributed by atoms with Crippen molar-refractivity contribution >= 4 is 11.8 Å². The van der Waals surface area contributed by atoms with E-state index in [2.05, 4.69) is 10.4 Å². The Morgan fingerprint density at radius 2 is 2.04 bits per heavy atom. The highest BCUT2D eigenvalue weighted by Crippen LogP contribution is 2.34. The molecule has 2 unspecified atom stereocenters. The number of aromatic nitrogens is 2. The van der Waals surface area contributed by atoms with Crippen molar-refractivity contribution in [1.82, 2.24) is 14.7 Å². The van der Waals surface area contributed by atoms with Crippen LogP contribution in [0, 0.1) is 0 Å². The first kappa shape index (κ1) is 18.4. The molecule has 0 saturated carbocycles. The molecule has 0 aliphatic carbocycles. The van der Waals surface area contributed by atoms with E-state index in [4.69, 9.17) is 4.74 Å². The summed E-state index contributed by atoms with van der Waals surface area (Å²) >= 11 is 0. The van der Waals surface area contributed by atoms with Crippen LogP contribution in [-0.4, -0.2) is 51.2 Å². The summed E-state index contributed by atoms with van der Waals surface area (Å²) in [4.78, 5) is 12.9. The van der Waals surface area contributed by atoms with Crippen LogP contribution >= 0.6 is 0 Å². The van der Waals surface area contributed by atoms with E-state index in [1.807, 2.05) is 0 Å². The predicted molar refractivity (Wildman–Crippen MR) is 82.6 cm³/mol. The molecule has 9 heteroatoms. The Balaban J connectivity index is 2.08. The van der Waals surface area contributed by atoms with Crippen molar-refractivity contribution in [2.75, 3.05) is 11.9 Å². The molecule has 1 N–H and O–H groups in total. The number of hydrogen-bond donors (Lipinski definition) is 1. The van der Waals surface area contributed by atoms with Gasteiger partial charge in [-0.2, -0.15) is 18.3 Å². The number of carbonyl (C=O) groups excluding carboxylic acids is 1. The Morgan fingerprint density at radius 3 is 2.54 bits per heavy atom. The molecule has 1 aliphatic heterocycles. The minimum atomic E-state index is -4.51. The fourth-order valence-corrected chi connectivity index (χ4v) is 2.68. The van der Waals surface area contributed by atoms with Gasteiger partial charge in [-0.1, -0.05) is 0 Å². The van der Waals surface area contributed by atoms with E-state index in [1.165, 1.54) is 0 Å². The molecule has 1 amide bonds. The third-order valence-electron chi connectivity index (χ3n) is 3.68. The summed E-state index contributed by atoms with van der Waals surface area (Å²) in [5.74, 6) is 0. The Bertz CT molecular complexity index is 580. The van der Waals surface area contributed by atoms with E-state index in [-0.39, 0.29) is 19.0 Å². The highest BCUT2D eigenvalue weighted by Gasteiger charge is 2.49. The van der Waals surface area contributed by atoms with Gasteiger partial charge < -0.3 is 10.1 Å². The van der Waals surface area contributed by atoms with Crippen molar-refractivity contribution in [1.29, 1.82) is 0 Å². The Morgan fingerprint density at radius 1 is 1.38 bits per heavy atom. The summed E-state index contributed by atoms with van der Waals surface area (Å²) in [6.45, 7) is 4.87. The normalized spacial score (nSPS) is 22.4. The third kappa shape index (κ3) is 4.78. The fraction of sp³-hybridized carbons (Fsp3) is 0.733. The number of nitrogens with one attached hydrogen (secondary N) is 1. The molecule has 2 atom stereocenters. The van der Waals surface area contributed by atoms with Gasteiger partial charge in [-0.25, -0.2) is 4.79 Å². The average molecular weight is 348 g/mol. The summed E-state index contributed by atoms with van der Waals surface area (Å²) in [5, 5.41) is 7.03. The summed E-state index contributed by atoms with van der Waals surface area (Å²) in [5.41, 5.74) is -0.174. The van der Waals surface area contributed by atoms with Crippen LogP contribution in [0.4, 0.5) is 23.7 Å². The summed E-state index contributed by atoms with van der Waals surface area (Å²) in [7, 11) is 1.73. The van der Waals surface area contributed by atoms with Gasteiger partial charge in [-0.05, 0) is 33.6 Å². The molecular formula is C15H23F3N4O2. The van der Waals surface area contributed by atoms with Crippen LogP contribution in [0.2, 0.25) is 0 Å². The number of carbonyl (C=O) groups is 1. The first-order valence-electron chi connectivity index (χ1n) is 7.77. The number of anilines is 1. The van der Waals surface area contributed by atoms with Gasteiger partial charge in [0.2, 0.25) is 0 Å². The van der Waals surface area contributed by atoms with Crippen LogP contribution in [0.5, 0.6) is 0 Å². The SMILES string of the molecule is Cn1cc(NC2CCN(C(=O)OC(C)(C)C)C(C(F)(F)F)C2)cn1. The third-order valence-corrected chi connectivity index (χ3v) is 3.68. The van der Waals surface area contributed by atoms with E-state index in [1.54, 1.807) is 44.9 Å². The minimum absolute atomic E-state index is 0.0168. The number of hydrogen-bond acceptors (Lipinski definition) is 4. The lowest BCUT2D eigenvalue weighted by atomic mass is 9.97. The van der Waals surface area contributed by atoms with Gasteiger partial charge in [0, 0.05) is 25.8 Å². The van der Waals surface area contributed by atoms with E-state index in [0.29, 0.717) is 12.1 Å². The number of rotatable bonds is 2. The number of ether oxygens (including phenoxy) is 1. The second-order valence-corrected chi connectivity index (χ2v) is 7.00. The van der Waals surface area contributed by atoms with Crippen molar-refractivity contribution in [2.24, 2.45) is 7.05 Å². The largest absolute Gasteiger partial charge is 0.444 e. The van der Waals surface area contributed by atoms with E-state index >= 15 is 0 Å². The summed E-state index contributed by atoms with van der Waals surface area (Å²) in [6.07, 6.45) is -2.00. The zero-order chi connectivity index (χ0) is 18.1. The number of nitrogens with zero attached hydrogens (tertiary/aromatic N) is 3. The van der Waals surface area contributed by atoms with Crippen molar-refractivity contribution in [3.05, 3.63) is 12.4 Å². The first-order valence-corrected chi connectivity index (χ1v) is 7.77. The first-order chi connectivity index (χ1) is 11.0. The van der Waals surface area contributed by atoms with Crippen LogP contribution < -0.4 is 5.32 Å². The second-order valence-electron chi connectivity index (χ2n) is 7.00. The van der Waals surface area contributed by atoms with E-state index in [9.17, 15) is 18.0 Å². The number of amides is 1. The maximum absolute atomic E-state index is 13.4. The van der Waals surface area contributed by atoms with E-state index < -0.39 is 23.9 Å². The Labute approximate surface area is 138 Å². The van der Waals surface area contributed by atoms with Gasteiger partial charge in [-0.15, -0.1) is 0 Å². The smallest absolute Gasteiger partial charge is 0.410 e. The highest BCUT2D eigenvalue weighted by atomic mass is 19.4. The lowest BCUT2D eigenvalue weighted by Crippen LogP contribution is -2.56. The lowest BCUT2D eigenvalue weighted by Gasteiger charge is -2.40. The van der Waals surface area contributed by atoms with Crippen LogP contribution in [0.15, 0.2) is 12.4 Å². The molecule has 6 nitrogen and oxygen atoms in total. The van der Waals surface area contributed by atoms with Gasteiger partial charge in [0.25, 0.3) is 0 Å². The van der Waals surface area contributed by atoms with Crippen molar-refractivity contribution in [2.45, 2.75) is 57.5 Å². The Kier molecular flexibility index (Phi) is 5.00. The van der Waals surface area contributed by atoms with Crippen LogP contribution in [0.25, 0.3) is 0 Å². The molecule has 1 saturated heterocycles. The maximum Gasteiger partial charge on any atom is 0.410 e. The molecule has 0 bridgehead atoms. The molecule has 2 rings (SSSR count). The van der Waals surface area contributed by atoms with Crippen LogP contribution in [-0.2, 0) is 11.8 Å². The zero-order valence-corrected chi connectivity index (χ0v) is 14.2. The number of halogens is 3. The van der Waals surface area contributed by atoms with Crippen LogP contribution in [0.3, 0.4) is 0 Å². The number of piperidine rings is 1. The van der Waals surface area contributed by atoms with Crippen molar-refractivity contribution < 1.29 is 22.7 Å². The molecule has 136 valence electrons. The molecule has 1 aromatic rings. The predicted octanol–water partition coefficient (Wildman–Crippen LogP) is 3.16. The van der Waals surface area contributed by atoms with Gasteiger partial charge in [0.15, 0.2) is 0 Å². The van der Waals surface area contributed by atoms with Gasteiger partial charge >= 0.3 is 12.3 Å². The average Bonchev–Trinajstić information content (AvgIpc) is 2.81. The summed E-state index contributed by atoms with van der Waals surface area (Å²) < 4.78 is 46.9. The number of aryl methyl sites for hydroxylation is 1. The quantitative estimate of drug-likeness (QED) is 0.892. The summed E-state index contributed by atoms with van der Waals surface area (Å²) in [6, 6.07) is -2.25. The topological polar surface area (TPSA) is 59.4 Å². The van der Waals surface area contributed by atoms with Gasteiger partial charge in [0.05, 0.1) is 11.9 Å². The molecule has 2 heterocycles. The highest BCUT2D eigenvalue weighted by molar-refractivity contribution is 5.69. The zero-order valence-electron chi connectivity index (χ0n) is 14.2. The molecular weight excluding hydrogens is 325 g/mol. The fourth-order valence-electron chi connectivity index (χ4n) is 2.68. The number of likely N-dealkylation sites (tertiary alicyclic amines) is 1. The molecule has 0 aromatic carbocycles. The van der Waals surface area contributed by atoms with Crippen molar-refractivity contribution in [3.63, 3.8) is 0 Å². The van der Waals surface area contributed by atoms with Crippen LogP contribution in [0.1, 0.15) is 33.6 Å². The molecule has 1 aliphatic rings. The molecule has 1 fully saturated rings. The molecule has 0 radical (unpaired) electrons. The molecule has 0 spiro atoms. The molecule has 24 heavy (non-hydrogen) atoms. The van der Waals surface area contributed by atoms with Crippen molar-refractivity contribution in [3.8, 4) is 0 Å². The Hall–Kier alpha value is -1.93. The standard InChI is InChI=1S/C15H23F3N4O2/c1-14(2,3)24-13(23)22-6-5-10(7-12(22)15(16,17)18)20-11-8-19-21(4)9-11/h8-10,12,20H,5-7H2,1-4H3. The monoisotopic (exact) mass is 348 g/mol. The van der Waals surface area contributed by atoms with Gasteiger partial charge in [0.1, 0.15) is 11.6 Å². The lowest BCUT2D eigenvalue weighted by molar-refractivity contribution is -0.188. The second kappa shape index (κ2) is 6.52.